The molecule has 0 unspecified atom stereocenters. The van der Waals surface area contributed by atoms with Crippen LogP contribution in [-0.2, 0) is 14.8 Å². The van der Waals surface area contributed by atoms with Gasteiger partial charge in [-0.3, -0.25) is 19.7 Å². The molecule has 2 atom stereocenters. The standard InChI is InChI=1S/C51H60FN9O9S/c1-31(2)37-7-5-6-8-38(37)44-27-58(32(3)62)19-20-60(44)59-29-51(30-59)15-17-57(18-16-51)34-9-10-39(45(21-34)70-35-22-40-41(52)26-54-48(40)53-25-35)49(63)56-71(67,68)36-23-43(61(65)66)47-46(24-36)69-28-42(55-47)33-11-13-50(4,64)14-12-33/h5-10,21-26,31,33,42,44,55,64H,11-20,27-30H2,1-4H3,(H,53,54)(H,56,63)/t33?,42-,44-,50?/m1/s1. The number of aliphatic hydroxyl groups is 1. The molecule has 1 aliphatic carbocycles. The van der Waals surface area contributed by atoms with E-state index in [1.54, 1.807) is 26.0 Å². The quantitative estimate of drug-likeness (QED) is 0.0746. The van der Waals surface area contributed by atoms with Crippen molar-refractivity contribution < 1.29 is 41.9 Å². The Hall–Kier alpha value is -6.35. The minimum atomic E-state index is -4.74. The average Bonchev–Trinajstić information content (AvgIpc) is 3.71. The van der Waals surface area contributed by atoms with Gasteiger partial charge >= 0.3 is 0 Å². The number of nitro groups is 1. The van der Waals surface area contributed by atoms with E-state index in [9.17, 15) is 37.6 Å². The van der Waals surface area contributed by atoms with Crippen molar-refractivity contribution in [1.82, 2.24) is 29.6 Å². The summed E-state index contributed by atoms with van der Waals surface area (Å²) >= 11 is 0. The Morgan fingerprint density at radius 3 is 2.49 bits per heavy atom. The number of nitro benzene ring substituents is 1. The van der Waals surface area contributed by atoms with Crippen LogP contribution in [0.25, 0.3) is 11.0 Å². The van der Waals surface area contributed by atoms with E-state index in [-0.39, 0.29) is 75.5 Å². The molecule has 4 fully saturated rings. The van der Waals surface area contributed by atoms with E-state index in [4.69, 9.17) is 9.47 Å². The molecule has 2 aromatic heterocycles. The maximum atomic E-state index is 14.7. The number of fused-ring (bicyclic) bond motifs is 2. The van der Waals surface area contributed by atoms with E-state index in [1.807, 2.05) is 4.90 Å². The second-order valence-electron chi connectivity index (χ2n) is 20.6. The second-order valence-corrected chi connectivity index (χ2v) is 22.3. The highest BCUT2D eigenvalue weighted by atomic mass is 32.2. The molecule has 1 spiro atoms. The van der Waals surface area contributed by atoms with Crippen molar-refractivity contribution in [2.24, 2.45) is 11.3 Å². The summed E-state index contributed by atoms with van der Waals surface area (Å²) in [6, 6.07) is 16.6. The fourth-order valence-electron chi connectivity index (χ4n) is 11.3. The Bertz CT molecular complexity index is 2990. The normalized spacial score (nSPS) is 23.7. The highest BCUT2D eigenvalue weighted by Gasteiger charge is 2.49. The van der Waals surface area contributed by atoms with Gasteiger partial charge in [-0.05, 0) is 86.6 Å². The molecule has 6 heterocycles. The van der Waals surface area contributed by atoms with E-state index < -0.39 is 42.9 Å². The van der Waals surface area contributed by atoms with Gasteiger partial charge in [-0.25, -0.2) is 32.5 Å². The van der Waals surface area contributed by atoms with Gasteiger partial charge in [0.2, 0.25) is 5.91 Å². The lowest BCUT2D eigenvalue weighted by Gasteiger charge is -2.60. The SMILES string of the molecule is CC(=O)N1CCN(N2CC3(CCN(c4ccc(C(=O)NS(=O)(=O)c5cc6c(c([N+](=O)[O-])c5)N[C@@H](C5CCC(C)(O)CC5)CO6)c(Oc5cnc6[nH]cc(F)c6c5)c4)CC3)C2)[C@@H](c2ccccc2C(C)C)C1. The summed E-state index contributed by atoms with van der Waals surface area (Å²) in [6.07, 6.45) is 6.85. The number of benzene rings is 3. The number of hydrogen-bond acceptors (Lipinski definition) is 14. The number of hydrazine groups is 1. The van der Waals surface area contributed by atoms with E-state index in [0.29, 0.717) is 57.8 Å². The van der Waals surface area contributed by atoms with E-state index in [1.165, 1.54) is 35.7 Å². The van der Waals surface area contributed by atoms with Gasteiger partial charge < -0.3 is 34.7 Å². The van der Waals surface area contributed by atoms with Gasteiger partial charge in [0.1, 0.15) is 29.6 Å². The van der Waals surface area contributed by atoms with Gasteiger partial charge in [0, 0.05) is 88.2 Å². The maximum Gasteiger partial charge on any atom is 0.297 e. The highest BCUT2D eigenvalue weighted by molar-refractivity contribution is 7.90. The molecule has 71 heavy (non-hydrogen) atoms. The number of sulfonamides is 1. The fourth-order valence-corrected chi connectivity index (χ4v) is 12.3. The minimum absolute atomic E-state index is 0.0148. The van der Waals surface area contributed by atoms with Crippen molar-refractivity contribution >= 4 is 49.9 Å². The zero-order chi connectivity index (χ0) is 50.0. The zero-order valence-corrected chi connectivity index (χ0v) is 41.1. The maximum absolute atomic E-state index is 14.7. The third-order valence-corrected chi connectivity index (χ3v) is 16.8. The lowest BCUT2D eigenvalue weighted by Crippen LogP contribution is -2.68. The first-order valence-corrected chi connectivity index (χ1v) is 25.9. The van der Waals surface area contributed by atoms with Gasteiger partial charge in [0.05, 0.1) is 44.7 Å². The molecule has 3 saturated heterocycles. The third kappa shape index (κ3) is 9.61. The number of carbonyl (C=O) groups excluding carboxylic acids is 2. The van der Waals surface area contributed by atoms with Crippen LogP contribution in [0.1, 0.15) is 99.7 Å². The second kappa shape index (κ2) is 18.7. The predicted molar refractivity (Wildman–Crippen MR) is 263 cm³/mol. The van der Waals surface area contributed by atoms with Gasteiger partial charge in [-0.15, -0.1) is 0 Å². The molecule has 10 rings (SSSR count). The lowest BCUT2D eigenvalue weighted by molar-refractivity contribution is -0.384. The van der Waals surface area contributed by atoms with Crippen molar-refractivity contribution in [3.8, 4) is 17.2 Å². The zero-order valence-electron chi connectivity index (χ0n) is 40.3. The number of rotatable bonds is 11. The molecule has 4 N–H and O–H groups in total. The molecular formula is C51H60FN9O9S. The van der Waals surface area contributed by atoms with Crippen molar-refractivity contribution in [2.45, 2.75) is 94.7 Å². The number of H-pyrrole nitrogens is 1. The van der Waals surface area contributed by atoms with Gasteiger partial charge in [-0.2, -0.15) is 0 Å². The molecular weight excluding hydrogens is 934 g/mol. The Labute approximate surface area is 411 Å². The van der Waals surface area contributed by atoms with Crippen molar-refractivity contribution in [3.05, 3.63) is 106 Å². The van der Waals surface area contributed by atoms with Crippen LogP contribution in [-0.4, -0.2) is 119 Å². The number of aromatic amines is 1. The summed E-state index contributed by atoms with van der Waals surface area (Å²) < 4.78 is 57.0. The molecule has 3 aromatic carbocycles. The van der Waals surface area contributed by atoms with E-state index in [2.05, 4.69) is 73.0 Å². The number of hydrogen-bond donors (Lipinski definition) is 4. The summed E-state index contributed by atoms with van der Waals surface area (Å²) in [5.41, 5.74) is 2.22. The summed E-state index contributed by atoms with van der Waals surface area (Å²) in [4.78, 5) is 49.1. The molecule has 0 bridgehead atoms. The van der Waals surface area contributed by atoms with Crippen LogP contribution in [0.4, 0.5) is 21.5 Å². The topological polar surface area (TPSA) is 216 Å². The highest BCUT2D eigenvalue weighted by Crippen LogP contribution is 2.47. The van der Waals surface area contributed by atoms with Crippen LogP contribution in [0.15, 0.2) is 78.0 Å². The first-order chi connectivity index (χ1) is 33.9. The minimum Gasteiger partial charge on any atom is -0.489 e. The molecule has 20 heteroatoms. The van der Waals surface area contributed by atoms with Crippen molar-refractivity contribution in [2.75, 3.05) is 62.6 Å². The van der Waals surface area contributed by atoms with Gasteiger partial charge in [-0.1, -0.05) is 38.1 Å². The van der Waals surface area contributed by atoms with Crippen LogP contribution in [0.3, 0.4) is 0 Å². The number of ether oxygens (including phenoxy) is 2. The summed E-state index contributed by atoms with van der Waals surface area (Å²) in [6.45, 7) is 13.2. The molecule has 5 aliphatic rings. The summed E-state index contributed by atoms with van der Waals surface area (Å²) in [5, 5.41) is 31.2. The number of anilines is 2. The molecule has 4 aliphatic heterocycles. The first kappa shape index (κ1) is 48.3. The Balaban J connectivity index is 0.865. The number of aromatic nitrogens is 2. The monoisotopic (exact) mass is 993 g/mol. The average molecular weight is 994 g/mol. The summed E-state index contributed by atoms with van der Waals surface area (Å²) in [7, 11) is -4.74. The first-order valence-electron chi connectivity index (χ1n) is 24.4. The molecule has 376 valence electrons. The number of halogens is 1. The largest absolute Gasteiger partial charge is 0.489 e. The van der Waals surface area contributed by atoms with Crippen LogP contribution in [0.2, 0.25) is 0 Å². The smallest absolute Gasteiger partial charge is 0.297 e. The lowest BCUT2D eigenvalue weighted by atomic mass is 9.72. The third-order valence-electron chi connectivity index (χ3n) is 15.5. The van der Waals surface area contributed by atoms with Crippen molar-refractivity contribution in [3.63, 3.8) is 0 Å². The van der Waals surface area contributed by atoms with Crippen LogP contribution in [0, 0.1) is 27.3 Å². The molecule has 0 radical (unpaired) electrons. The van der Waals surface area contributed by atoms with Crippen molar-refractivity contribution in [1.29, 1.82) is 0 Å². The predicted octanol–water partition coefficient (Wildman–Crippen LogP) is 7.48. The van der Waals surface area contributed by atoms with Gasteiger partial charge in [0.25, 0.3) is 21.6 Å². The number of amides is 2. The Kier molecular flexibility index (Phi) is 12.7. The number of carbonyl (C=O) groups is 2. The number of piperazine rings is 1. The Morgan fingerprint density at radius 2 is 1.77 bits per heavy atom. The fraction of sp³-hybridized carbons (Fsp3) is 0.471. The molecule has 18 nitrogen and oxygen atoms in total. The van der Waals surface area contributed by atoms with Crippen LogP contribution >= 0.6 is 0 Å². The molecule has 5 aromatic rings. The number of nitrogens with one attached hydrogen (secondary N) is 3. The molecule has 1 saturated carbocycles. The van der Waals surface area contributed by atoms with Gasteiger partial charge in [0.15, 0.2) is 11.4 Å². The number of nitrogens with zero attached hydrogens (tertiary/aromatic N) is 6. The number of piperidine rings is 1. The molecule has 2 amide bonds. The van der Waals surface area contributed by atoms with Crippen LogP contribution < -0.4 is 24.4 Å². The van der Waals surface area contributed by atoms with E-state index >= 15 is 0 Å². The Morgan fingerprint density at radius 1 is 1.03 bits per heavy atom. The number of pyridine rings is 1. The van der Waals surface area contributed by atoms with E-state index in [0.717, 1.165) is 50.3 Å². The summed E-state index contributed by atoms with van der Waals surface area (Å²) in [5.74, 6) is -1.08. The van der Waals surface area contributed by atoms with Crippen LogP contribution in [0.5, 0.6) is 17.2 Å².